The van der Waals surface area contributed by atoms with E-state index in [0.29, 0.717) is 28.0 Å². The molecule has 5 aromatic rings. The normalized spacial score (nSPS) is 11.0. The van der Waals surface area contributed by atoms with Gasteiger partial charge in [0, 0.05) is 16.7 Å². The monoisotopic (exact) mass is 630 g/mol. The first-order chi connectivity index (χ1) is 20.2. The molecule has 2 aromatic carbocycles. The molecule has 8 nitrogen and oxygen atoms in total. The van der Waals surface area contributed by atoms with Gasteiger partial charge in [-0.25, -0.2) is 4.39 Å². The first-order valence-electron chi connectivity index (χ1n) is 13.1. The molecule has 3 aromatic heterocycles. The zero-order valence-corrected chi connectivity index (χ0v) is 24.4. The Morgan fingerprint density at radius 1 is 1.07 bits per heavy atom. The Morgan fingerprint density at radius 3 is 2.50 bits per heavy atom. The van der Waals surface area contributed by atoms with Crippen molar-refractivity contribution in [3.63, 3.8) is 0 Å². The summed E-state index contributed by atoms with van der Waals surface area (Å²) in [5.74, 6) is 0.295. The summed E-state index contributed by atoms with van der Waals surface area (Å²) < 4.78 is 32.8. The van der Waals surface area contributed by atoms with Crippen LogP contribution in [0, 0.1) is 11.6 Å². The summed E-state index contributed by atoms with van der Waals surface area (Å²) in [6.07, 6.45) is 3.61. The Bertz CT molecular complexity index is 1860. The number of carbonyl (C=O) groups is 1. The molecule has 5 rings (SSSR count). The van der Waals surface area contributed by atoms with Gasteiger partial charge in [0.1, 0.15) is 5.82 Å². The van der Waals surface area contributed by atoms with Gasteiger partial charge in [-0.05, 0) is 53.3 Å². The quantitative estimate of drug-likeness (QED) is 0.215. The van der Waals surface area contributed by atoms with Crippen LogP contribution in [-0.4, -0.2) is 34.0 Å². The summed E-state index contributed by atoms with van der Waals surface area (Å²) in [7, 11) is 3.66. The molecule has 0 bridgehead atoms. The standard InChI is InChI=1S/C30H26BBrF2N6O2/c1-3-39-16-18(13-31-39)17-10-23(28(35)37-14-17)22-9-6-20(11-26(22)34)38-29(41)24-12-25(32)27(15-36-2)40(30(24)42)21-7-4-19(33)5-8-21/h4-14,16,36H,3,15H2,1-2H3,(H2,35,37)(H,38,41). The number of hydrogen-bond donors (Lipinski definition) is 3. The molecule has 0 fully saturated rings. The van der Waals surface area contributed by atoms with Crippen LogP contribution in [0.3, 0.4) is 0 Å². The van der Waals surface area contributed by atoms with E-state index in [9.17, 15) is 14.0 Å². The molecule has 4 N–H and O–H groups in total. The van der Waals surface area contributed by atoms with Crippen molar-refractivity contribution in [2.45, 2.75) is 20.0 Å². The zero-order chi connectivity index (χ0) is 30.0. The van der Waals surface area contributed by atoms with Crippen molar-refractivity contribution in [2.75, 3.05) is 18.1 Å². The van der Waals surface area contributed by atoms with E-state index in [1.165, 1.54) is 47.0 Å². The van der Waals surface area contributed by atoms with Crippen LogP contribution in [0.25, 0.3) is 27.9 Å². The molecule has 0 aliphatic heterocycles. The topological polar surface area (TPSA) is 107 Å². The molecule has 0 aliphatic carbocycles. The summed E-state index contributed by atoms with van der Waals surface area (Å²) in [5, 5.41) is 5.59. The predicted molar refractivity (Wildman–Crippen MR) is 165 cm³/mol. The number of benzene rings is 2. The second-order valence-electron chi connectivity index (χ2n) is 9.54. The number of carbonyl (C=O) groups excluding carboxylic acids is 1. The molecule has 42 heavy (non-hydrogen) atoms. The Labute approximate surface area is 249 Å². The fraction of sp³-hybridized carbons (Fsp3) is 0.133. The molecule has 0 spiro atoms. The predicted octanol–water partition coefficient (Wildman–Crippen LogP) is 5.32. The number of aryl methyl sites for hydroxylation is 1. The third kappa shape index (κ3) is 5.81. The van der Waals surface area contributed by atoms with Gasteiger partial charge < -0.3 is 5.32 Å². The van der Waals surface area contributed by atoms with Crippen molar-refractivity contribution < 1.29 is 13.6 Å². The second-order valence-corrected chi connectivity index (χ2v) is 10.4. The van der Waals surface area contributed by atoms with E-state index >= 15 is 4.39 Å². The molecule has 0 saturated heterocycles. The molecule has 0 radical (unpaired) electrons. The number of pyridine rings is 2. The van der Waals surface area contributed by atoms with Gasteiger partial charge in [0.05, 0.1) is 5.69 Å². The fourth-order valence-corrected chi connectivity index (χ4v) is 5.19. The van der Waals surface area contributed by atoms with Gasteiger partial charge in [0.25, 0.3) is 5.56 Å². The molecule has 0 atom stereocenters. The SMILES string of the molecule is CCn1bcc(-c2cnc(N)c(-c3ccc(NC(=O)c4cc(Br)c(CNC)n(-c5ccc(F)cc5)c4=O)cc3F)c2)c1. The van der Waals surface area contributed by atoms with E-state index in [0.717, 1.165) is 23.7 Å². The van der Waals surface area contributed by atoms with Crippen molar-refractivity contribution in [3.8, 4) is 27.9 Å². The molecule has 0 aliphatic rings. The molecule has 12 heteroatoms. The molecule has 0 saturated carbocycles. The average molecular weight is 631 g/mol. The van der Waals surface area contributed by atoms with Crippen molar-refractivity contribution in [3.05, 3.63) is 111 Å². The van der Waals surface area contributed by atoms with E-state index in [4.69, 9.17) is 5.73 Å². The summed E-state index contributed by atoms with van der Waals surface area (Å²) in [4.78, 5) is 31.0. The zero-order valence-electron chi connectivity index (χ0n) is 22.8. The van der Waals surface area contributed by atoms with Gasteiger partial charge in [0.2, 0.25) is 0 Å². The number of nitrogens with zero attached hydrogens (tertiary/aromatic N) is 3. The summed E-state index contributed by atoms with van der Waals surface area (Å²) >= 11 is 3.45. The number of amides is 1. The Balaban J connectivity index is 1.46. The minimum atomic E-state index is -0.733. The van der Waals surface area contributed by atoms with Crippen LogP contribution in [0.15, 0.2) is 82.2 Å². The van der Waals surface area contributed by atoms with Crippen LogP contribution in [0.4, 0.5) is 20.3 Å². The van der Waals surface area contributed by atoms with Crippen molar-refractivity contribution in [1.82, 2.24) is 19.3 Å². The average Bonchev–Trinajstić information content (AvgIpc) is 3.46. The number of hydrogen-bond acceptors (Lipinski definition) is 5. The maximum absolute atomic E-state index is 15.4. The molecule has 0 unspecified atom stereocenters. The Morgan fingerprint density at radius 2 is 1.83 bits per heavy atom. The summed E-state index contributed by atoms with van der Waals surface area (Å²) in [5.41, 5.74) is 8.73. The van der Waals surface area contributed by atoms with Gasteiger partial charge in [0.15, 0.2) is 0 Å². The van der Waals surface area contributed by atoms with Crippen molar-refractivity contribution in [1.29, 1.82) is 0 Å². The van der Waals surface area contributed by atoms with Crippen LogP contribution in [-0.2, 0) is 13.1 Å². The third-order valence-corrected chi connectivity index (χ3v) is 7.50. The number of nitrogens with one attached hydrogen (secondary N) is 2. The van der Waals surface area contributed by atoms with Gasteiger partial charge in [-0.1, -0.05) is 0 Å². The third-order valence-electron chi connectivity index (χ3n) is 6.81. The van der Waals surface area contributed by atoms with Crippen LogP contribution in [0.2, 0.25) is 0 Å². The Hall–Kier alpha value is -4.42. The maximum atomic E-state index is 15.4. The molecular weight excluding hydrogens is 605 g/mol. The van der Waals surface area contributed by atoms with E-state index in [-0.39, 0.29) is 22.6 Å². The number of aromatic nitrogens is 3. The molecule has 1 amide bonds. The molecule has 212 valence electrons. The van der Waals surface area contributed by atoms with Crippen LogP contribution in [0.1, 0.15) is 23.0 Å². The summed E-state index contributed by atoms with van der Waals surface area (Å²) in [6, 6.07) is 12.7. The van der Waals surface area contributed by atoms with Crippen LogP contribution < -0.4 is 21.9 Å². The first-order valence-corrected chi connectivity index (χ1v) is 13.9. The van der Waals surface area contributed by atoms with Gasteiger partial charge in [-0.15, -0.1) is 0 Å². The minimum absolute atomic E-state index is 0.145. The first kappa shape index (κ1) is 29.1. The molecular formula is C30H26BBrF2N6O2. The van der Waals surface area contributed by atoms with E-state index in [1.54, 1.807) is 19.3 Å². The van der Waals surface area contributed by atoms with Crippen molar-refractivity contribution in [2.24, 2.45) is 0 Å². The van der Waals surface area contributed by atoms with E-state index in [2.05, 4.69) is 31.5 Å². The number of halogens is 3. The van der Waals surface area contributed by atoms with Gasteiger partial charge in [-0.3, -0.25) is 9.36 Å². The fourth-order valence-electron chi connectivity index (χ4n) is 4.65. The number of nitrogen functional groups attached to an aromatic ring is 1. The van der Waals surface area contributed by atoms with Crippen molar-refractivity contribution >= 4 is 40.4 Å². The molecule has 3 heterocycles. The van der Waals surface area contributed by atoms with Crippen LogP contribution >= 0.6 is 15.9 Å². The van der Waals surface area contributed by atoms with Crippen LogP contribution in [0.5, 0.6) is 0 Å². The summed E-state index contributed by atoms with van der Waals surface area (Å²) in [6.45, 7) is 3.14. The number of rotatable bonds is 8. The number of anilines is 2. The Kier molecular flexibility index (Phi) is 8.46. The van der Waals surface area contributed by atoms with E-state index < -0.39 is 23.1 Å². The number of nitrogens with two attached hydrogens (primary N) is 1. The van der Waals surface area contributed by atoms with Gasteiger partial charge >= 0.3 is 144 Å². The van der Waals surface area contributed by atoms with Gasteiger partial charge in [-0.2, -0.15) is 0 Å². The van der Waals surface area contributed by atoms with E-state index in [1.807, 2.05) is 30.6 Å². The second kappa shape index (κ2) is 12.2.